The Kier molecular flexibility index (Phi) is 3.98. The van der Waals surface area contributed by atoms with Crippen LogP contribution in [0.25, 0.3) is 0 Å². The fourth-order valence-electron chi connectivity index (χ4n) is 3.09. The Bertz CT molecular complexity index is 473. The van der Waals surface area contributed by atoms with Gasteiger partial charge in [-0.05, 0) is 42.9 Å². The summed E-state index contributed by atoms with van der Waals surface area (Å²) in [6.45, 7) is 4.52. The number of benzene rings is 1. The lowest BCUT2D eigenvalue weighted by atomic mass is 9.93. The molecule has 3 unspecified atom stereocenters. The van der Waals surface area contributed by atoms with Crippen LogP contribution < -0.4 is 11.1 Å². The normalized spacial score (nSPS) is 26.3. The van der Waals surface area contributed by atoms with Gasteiger partial charge in [0.05, 0.1) is 5.56 Å². The van der Waals surface area contributed by atoms with Crippen molar-refractivity contribution in [1.29, 1.82) is 0 Å². The minimum Gasteiger partial charge on any atom is -0.478 e. The third kappa shape index (κ3) is 2.83. The highest BCUT2D eigenvalue weighted by Gasteiger charge is 2.31. The Morgan fingerprint density at radius 3 is 2.74 bits per heavy atom. The van der Waals surface area contributed by atoms with E-state index in [9.17, 15) is 4.79 Å². The minimum absolute atomic E-state index is 0.163. The summed E-state index contributed by atoms with van der Waals surface area (Å²) in [5.74, 6) is 0.447. The summed E-state index contributed by atoms with van der Waals surface area (Å²) in [6, 6.07) is 5.54. The molecule has 1 aliphatic rings. The molecule has 2 rings (SSSR count). The Hall–Kier alpha value is -1.71. The number of nitrogens with one attached hydrogen (secondary N) is 1. The van der Waals surface area contributed by atoms with Crippen LogP contribution in [-0.2, 0) is 0 Å². The van der Waals surface area contributed by atoms with Gasteiger partial charge in [-0.2, -0.15) is 0 Å². The van der Waals surface area contributed by atoms with Crippen LogP contribution in [0.1, 0.15) is 43.5 Å². The molecule has 0 aromatic heterocycles. The van der Waals surface area contributed by atoms with Gasteiger partial charge < -0.3 is 16.2 Å². The Morgan fingerprint density at radius 2 is 2.21 bits per heavy atom. The van der Waals surface area contributed by atoms with E-state index in [1.165, 1.54) is 19.3 Å². The van der Waals surface area contributed by atoms with Crippen molar-refractivity contribution in [2.75, 3.05) is 11.1 Å². The summed E-state index contributed by atoms with van der Waals surface area (Å²) in [5, 5.41) is 12.4. The Labute approximate surface area is 114 Å². The van der Waals surface area contributed by atoms with Crippen molar-refractivity contribution in [1.82, 2.24) is 0 Å². The van der Waals surface area contributed by atoms with Crippen molar-refractivity contribution < 1.29 is 9.90 Å². The molecule has 0 aliphatic heterocycles. The van der Waals surface area contributed by atoms with Crippen molar-refractivity contribution in [3.05, 3.63) is 23.8 Å². The highest BCUT2D eigenvalue weighted by atomic mass is 16.4. The molecular formula is C15H22N2O2. The summed E-state index contributed by atoms with van der Waals surface area (Å²) >= 11 is 0. The maximum atomic E-state index is 10.9. The van der Waals surface area contributed by atoms with Crippen LogP contribution in [0.5, 0.6) is 0 Å². The van der Waals surface area contributed by atoms with Crippen LogP contribution in [0.3, 0.4) is 0 Å². The molecule has 4 N–H and O–H groups in total. The number of nitrogen functional groups attached to an aromatic ring is 1. The van der Waals surface area contributed by atoms with Gasteiger partial charge in [0.25, 0.3) is 0 Å². The van der Waals surface area contributed by atoms with Gasteiger partial charge in [-0.3, -0.25) is 0 Å². The zero-order chi connectivity index (χ0) is 14.0. The molecule has 0 spiro atoms. The van der Waals surface area contributed by atoms with Crippen molar-refractivity contribution in [2.24, 2.45) is 11.8 Å². The van der Waals surface area contributed by atoms with Crippen molar-refractivity contribution in [3.63, 3.8) is 0 Å². The molecule has 0 bridgehead atoms. The number of nitrogens with two attached hydrogens (primary N) is 1. The SMILES string of the molecule is CCC1CCC(Nc2ccc(C(=O)O)c(N)c2)C1C. The molecule has 1 aromatic carbocycles. The standard InChI is InChI=1S/C15H22N2O2/c1-3-10-4-7-14(9(10)2)17-11-5-6-12(15(18)19)13(16)8-11/h5-6,8-10,14,17H,3-4,7,16H2,1-2H3,(H,18,19). The lowest BCUT2D eigenvalue weighted by Gasteiger charge is -2.22. The van der Waals surface area contributed by atoms with E-state index in [0.717, 1.165) is 11.6 Å². The highest BCUT2D eigenvalue weighted by molar-refractivity contribution is 5.94. The first-order valence-corrected chi connectivity index (χ1v) is 6.92. The number of anilines is 2. The van der Waals surface area contributed by atoms with Gasteiger partial charge >= 0.3 is 5.97 Å². The molecule has 0 radical (unpaired) electrons. The summed E-state index contributed by atoms with van der Waals surface area (Å²) in [5.41, 5.74) is 7.16. The third-order valence-corrected chi connectivity index (χ3v) is 4.39. The smallest absolute Gasteiger partial charge is 0.337 e. The van der Waals surface area contributed by atoms with Crippen molar-refractivity contribution >= 4 is 17.3 Å². The first-order valence-electron chi connectivity index (χ1n) is 6.92. The maximum Gasteiger partial charge on any atom is 0.337 e. The van der Waals surface area contributed by atoms with Gasteiger partial charge in [0, 0.05) is 17.4 Å². The van der Waals surface area contributed by atoms with Crippen molar-refractivity contribution in [2.45, 2.75) is 39.2 Å². The fourth-order valence-corrected chi connectivity index (χ4v) is 3.09. The van der Waals surface area contributed by atoms with Crippen LogP contribution in [-0.4, -0.2) is 17.1 Å². The Morgan fingerprint density at radius 1 is 1.47 bits per heavy atom. The topological polar surface area (TPSA) is 75.3 Å². The molecule has 104 valence electrons. The van der Waals surface area contributed by atoms with E-state index in [1.807, 2.05) is 0 Å². The van der Waals surface area contributed by atoms with Crippen LogP contribution in [0.4, 0.5) is 11.4 Å². The molecule has 0 amide bonds. The molecule has 3 atom stereocenters. The Balaban J connectivity index is 2.08. The first-order chi connectivity index (χ1) is 9.02. The minimum atomic E-state index is -0.982. The number of rotatable bonds is 4. The number of hydrogen-bond donors (Lipinski definition) is 3. The molecule has 4 nitrogen and oxygen atoms in total. The highest BCUT2D eigenvalue weighted by Crippen LogP contribution is 2.35. The molecule has 1 saturated carbocycles. The predicted octanol–water partition coefficient (Wildman–Crippen LogP) is 3.20. The molecular weight excluding hydrogens is 240 g/mol. The van der Waals surface area contributed by atoms with Gasteiger partial charge in [0.15, 0.2) is 0 Å². The van der Waals surface area contributed by atoms with Crippen LogP contribution in [0.15, 0.2) is 18.2 Å². The predicted molar refractivity (Wildman–Crippen MR) is 77.4 cm³/mol. The lowest BCUT2D eigenvalue weighted by molar-refractivity contribution is 0.0698. The molecule has 1 aromatic rings. The van der Waals surface area contributed by atoms with Crippen LogP contribution in [0, 0.1) is 11.8 Å². The van der Waals surface area contributed by atoms with Crippen LogP contribution in [0.2, 0.25) is 0 Å². The van der Waals surface area contributed by atoms with Gasteiger partial charge in [0.2, 0.25) is 0 Å². The van der Waals surface area contributed by atoms with E-state index < -0.39 is 5.97 Å². The second kappa shape index (κ2) is 5.51. The molecule has 0 heterocycles. The number of carboxylic acids is 1. The number of carboxylic acid groups (broad SMARTS) is 1. The largest absolute Gasteiger partial charge is 0.478 e. The molecule has 0 saturated heterocycles. The average Bonchev–Trinajstić information content (AvgIpc) is 2.70. The zero-order valence-electron chi connectivity index (χ0n) is 11.5. The second-order valence-electron chi connectivity index (χ2n) is 5.46. The van der Waals surface area contributed by atoms with Crippen LogP contribution >= 0.6 is 0 Å². The van der Waals surface area contributed by atoms with Gasteiger partial charge in [-0.1, -0.05) is 20.3 Å². The van der Waals surface area contributed by atoms with E-state index in [1.54, 1.807) is 18.2 Å². The average molecular weight is 262 g/mol. The summed E-state index contributed by atoms with van der Waals surface area (Å²) in [4.78, 5) is 10.9. The molecule has 1 fully saturated rings. The van der Waals surface area contributed by atoms with E-state index in [4.69, 9.17) is 10.8 Å². The molecule has 1 aliphatic carbocycles. The van der Waals surface area contributed by atoms with E-state index >= 15 is 0 Å². The maximum absolute atomic E-state index is 10.9. The molecule has 19 heavy (non-hydrogen) atoms. The first kappa shape index (κ1) is 13.7. The third-order valence-electron chi connectivity index (χ3n) is 4.39. The van der Waals surface area contributed by atoms with E-state index in [-0.39, 0.29) is 5.56 Å². The molecule has 4 heteroatoms. The van der Waals surface area contributed by atoms with E-state index in [2.05, 4.69) is 19.2 Å². The van der Waals surface area contributed by atoms with Gasteiger partial charge in [0.1, 0.15) is 0 Å². The zero-order valence-corrected chi connectivity index (χ0v) is 11.5. The summed E-state index contributed by atoms with van der Waals surface area (Å²) in [6.07, 6.45) is 3.65. The monoisotopic (exact) mass is 262 g/mol. The lowest BCUT2D eigenvalue weighted by Crippen LogP contribution is -2.24. The second-order valence-corrected chi connectivity index (χ2v) is 5.46. The summed E-state index contributed by atoms with van der Waals surface area (Å²) in [7, 11) is 0. The fraction of sp³-hybridized carbons (Fsp3) is 0.533. The quantitative estimate of drug-likeness (QED) is 0.728. The summed E-state index contributed by atoms with van der Waals surface area (Å²) < 4.78 is 0. The number of hydrogen-bond acceptors (Lipinski definition) is 3. The number of carbonyl (C=O) groups is 1. The van der Waals surface area contributed by atoms with Gasteiger partial charge in [-0.15, -0.1) is 0 Å². The van der Waals surface area contributed by atoms with Crippen molar-refractivity contribution in [3.8, 4) is 0 Å². The van der Waals surface area contributed by atoms with E-state index in [0.29, 0.717) is 17.6 Å². The van der Waals surface area contributed by atoms with Gasteiger partial charge in [-0.25, -0.2) is 4.79 Å². The number of aromatic carboxylic acids is 1.